The number of nitrogens with two attached hydrogens (primary N) is 1. The van der Waals surface area contributed by atoms with Crippen LogP contribution in [0.4, 0.5) is 5.82 Å². The summed E-state index contributed by atoms with van der Waals surface area (Å²) in [5, 5.41) is 10.6. The number of fused-ring (bicyclic) bond motifs is 1. The lowest BCUT2D eigenvalue weighted by Crippen LogP contribution is -2.10. The van der Waals surface area contributed by atoms with E-state index in [4.69, 9.17) is 5.73 Å². The first-order valence-electron chi connectivity index (χ1n) is 3.78. The van der Waals surface area contributed by atoms with E-state index in [2.05, 4.69) is 15.3 Å². The number of aromatic amines is 1. The Morgan fingerprint density at radius 1 is 1.54 bits per heavy atom. The van der Waals surface area contributed by atoms with Crippen LogP contribution >= 0.6 is 0 Å². The molecule has 0 fully saturated rings. The Balaban J connectivity index is 3.09. The van der Waals surface area contributed by atoms with Gasteiger partial charge in [0.05, 0.1) is 5.39 Å². The number of rotatable bonds is 0. The van der Waals surface area contributed by atoms with Gasteiger partial charge in [-0.2, -0.15) is 10.2 Å². The molecule has 2 aromatic heterocycles. The van der Waals surface area contributed by atoms with Crippen molar-refractivity contribution in [2.45, 2.75) is 6.92 Å². The van der Waals surface area contributed by atoms with E-state index in [0.29, 0.717) is 16.7 Å². The van der Waals surface area contributed by atoms with Gasteiger partial charge in [0.2, 0.25) is 0 Å². The Kier molecular flexibility index (Phi) is 1.39. The molecule has 0 atom stereocenters. The normalized spacial score (nSPS) is 10.9. The Hall–Kier alpha value is -1.85. The molecule has 0 amide bonds. The number of hydrogen-bond donors (Lipinski definition) is 2. The summed E-state index contributed by atoms with van der Waals surface area (Å²) in [4.78, 5) is 11.2. The topological polar surface area (TPSA) is 89.6 Å². The molecule has 2 aromatic rings. The Morgan fingerprint density at radius 3 is 2.85 bits per heavy atom. The summed E-state index contributed by atoms with van der Waals surface area (Å²) in [6.07, 6.45) is 0. The van der Waals surface area contributed by atoms with Crippen LogP contribution in [-0.2, 0) is 7.05 Å². The number of hydrogen-bond acceptors (Lipinski definition) is 4. The van der Waals surface area contributed by atoms with Gasteiger partial charge in [0.1, 0.15) is 0 Å². The molecule has 6 nitrogen and oxygen atoms in total. The summed E-state index contributed by atoms with van der Waals surface area (Å²) in [6, 6.07) is 0. The van der Waals surface area contributed by atoms with E-state index in [1.165, 1.54) is 0 Å². The fourth-order valence-corrected chi connectivity index (χ4v) is 1.29. The van der Waals surface area contributed by atoms with Crippen LogP contribution in [0.5, 0.6) is 0 Å². The third kappa shape index (κ3) is 0.915. The number of H-pyrrole nitrogens is 1. The highest BCUT2D eigenvalue weighted by Crippen LogP contribution is 2.17. The van der Waals surface area contributed by atoms with Crippen LogP contribution in [0.3, 0.4) is 0 Å². The van der Waals surface area contributed by atoms with Crippen molar-refractivity contribution in [1.82, 2.24) is 20.0 Å². The molecule has 0 aromatic carbocycles. The molecule has 0 spiro atoms. The monoisotopic (exact) mass is 179 g/mol. The minimum atomic E-state index is -0.312. The first kappa shape index (κ1) is 7.78. The van der Waals surface area contributed by atoms with Crippen molar-refractivity contribution in [3.8, 4) is 0 Å². The molecule has 0 aliphatic carbocycles. The molecule has 0 unspecified atom stereocenters. The van der Waals surface area contributed by atoms with Gasteiger partial charge >= 0.3 is 0 Å². The maximum Gasteiger partial charge on any atom is 0.292 e. The molecule has 68 valence electrons. The standard InChI is InChI=1S/C7H9N5O/c1-3-4-5(11-12(3)2)7(13)10-9-6(4)8/h1-2H3,(H2,8,9)(H,10,13). The molecule has 0 saturated carbocycles. The molecule has 2 heterocycles. The number of nitrogens with one attached hydrogen (secondary N) is 1. The smallest absolute Gasteiger partial charge is 0.292 e. The van der Waals surface area contributed by atoms with Crippen LogP contribution in [0.15, 0.2) is 4.79 Å². The van der Waals surface area contributed by atoms with Crippen molar-refractivity contribution < 1.29 is 0 Å². The van der Waals surface area contributed by atoms with Gasteiger partial charge in [-0.1, -0.05) is 0 Å². The average molecular weight is 179 g/mol. The summed E-state index contributed by atoms with van der Waals surface area (Å²) in [6.45, 7) is 1.84. The maximum atomic E-state index is 11.2. The van der Waals surface area contributed by atoms with E-state index >= 15 is 0 Å². The van der Waals surface area contributed by atoms with Crippen LogP contribution < -0.4 is 11.3 Å². The summed E-state index contributed by atoms with van der Waals surface area (Å²) < 4.78 is 1.61. The summed E-state index contributed by atoms with van der Waals surface area (Å²) >= 11 is 0. The molecule has 2 rings (SSSR count). The first-order valence-corrected chi connectivity index (χ1v) is 3.78. The summed E-state index contributed by atoms with van der Waals surface area (Å²) in [7, 11) is 1.76. The molecule has 0 bridgehead atoms. The van der Waals surface area contributed by atoms with Gasteiger partial charge in [-0.05, 0) is 6.92 Å². The highest BCUT2D eigenvalue weighted by Gasteiger charge is 2.11. The van der Waals surface area contributed by atoms with Gasteiger partial charge in [-0.25, -0.2) is 5.10 Å². The van der Waals surface area contributed by atoms with E-state index in [1.807, 2.05) is 6.92 Å². The van der Waals surface area contributed by atoms with Crippen molar-refractivity contribution in [1.29, 1.82) is 0 Å². The van der Waals surface area contributed by atoms with E-state index in [-0.39, 0.29) is 5.56 Å². The Labute approximate surface area is 73.4 Å². The van der Waals surface area contributed by atoms with Gasteiger partial charge in [-0.15, -0.1) is 0 Å². The fourth-order valence-electron chi connectivity index (χ4n) is 1.29. The molecule has 0 saturated heterocycles. The predicted molar refractivity (Wildman–Crippen MR) is 48.3 cm³/mol. The minimum Gasteiger partial charge on any atom is -0.382 e. The van der Waals surface area contributed by atoms with E-state index < -0.39 is 0 Å². The third-order valence-electron chi connectivity index (χ3n) is 2.08. The molecule has 0 aliphatic heterocycles. The van der Waals surface area contributed by atoms with Crippen LogP contribution in [0, 0.1) is 6.92 Å². The van der Waals surface area contributed by atoms with Crippen LogP contribution in [0.1, 0.15) is 5.69 Å². The highest BCUT2D eigenvalue weighted by molar-refractivity contribution is 5.89. The predicted octanol–water partition coefficient (Wildman–Crippen LogP) is -0.453. The quantitative estimate of drug-likeness (QED) is 0.573. The van der Waals surface area contributed by atoms with E-state index in [1.54, 1.807) is 11.7 Å². The minimum absolute atomic E-state index is 0.306. The molecule has 0 radical (unpaired) electrons. The Bertz CT molecular complexity index is 523. The zero-order chi connectivity index (χ0) is 9.59. The number of aryl methyl sites for hydroxylation is 2. The van der Waals surface area contributed by atoms with Gasteiger partial charge in [-0.3, -0.25) is 9.48 Å². The Morgan fingerprint density at radius 2 is 2.23 bits per heavy atom. The summed E-state index contributed by atoms with van der Waals surface area (Å²) in [5.74, 6) is 0.306. The second kappa shape index (κ2) is 2.32. The second-order valence-electron chi connectivity index (χ2n) is 2.87. The molecule has 13 heavy (non-hydrogen) atoms. The lowest BCUT2D eigenvalue weighted by atomic mass is 10.3. The van der Waals surface area contributed by atoms with Gasteiger partial charge in [0, 0.05) is 12.7 Å². The molecular formula is C7H9N5O. The first-order chi connectivity index (χ1) is 6.11. The van der Waals surface area contributed by atoms with Gasteiger partial charge < -0.3 is 5.73 Å². The van der Waals surface area contributed by atoms with Crippen molar-refractivity contribution in [2.24, 2.45) is 7.05 Å². The van der Waals surface area contributed by atoms with Crippen molar-refractivity contribution in [3.05, 3.63) is 16.0 Å². The van der Waals surface area contributed by atoms with Crippen molar-refractivity contribution in [3.63, 3.8) is 0 Å². The van der Waals surface area contributed by atoms with Crippen LogP contribution in [-0.4, -0.2) is 20.0 Å². The van der Waals surface area contributed by atoms with E-state index in [9.17, 15) is 4.79 Å². The van der Waals surface area contributed by atoms with E-state index in [0.717, 1.165) is 5.69 Å². The molecule has 0 aliphatic rings. The number of aromatic nitrogens is 4. The van der Waals surface area contributed by atoms with Gasteiger partial charge in [0.25, 0.3) is 5.56 Å². The molecular weight excluding hydrogens is 170 g/mol. The molecule has 6 heteroatoms. The van der Waals surface area contributed by atoms with Crippen LogP contribution in [0.25, 0.3) is 10.9 Å². The number of anilines is 1. The average Bonchev–Trinajstić information content (AvgIpc) is 2.38. The largest absolute Gasteiger partial charge is 0.382 e. The number of nitrogen functional groups attached to an aromatic ring is 1. The highest BCUT2D eigenvalue weighted by atomic mass is 16.1. The third-order valence-corrected chi connectivity index (χ3v) is 2.08. The lowest BCUT2D eigenvalue weighted by molar-refractivity contribution is 0.749. The van der Waals surface area contributed by atoms with Gasteiger partial charge in [0.15, 0.2) is 11.3 Å². The van der Waals surface area contributed by atoms with Crippen LogP contribution in [0.2, 0.25) is 0 Å². The zero-order valence-electron chi connectivity index (χ0n) is 7.33. The lowest BCUT2D eigenvalue weighted by Gasteiger charge is -1.94. The summed E-state index contributed by atoms with van der Waals surface area (Å²) in [5.41, 5.74) is 6.47. The maximum absolute atomic E-state index is 11.2. The number of nitrogens with zero attached hydrogens (tertiary/aromatic N) is 3. The molecule has 3 N–H and O–H groups in total. The zero-order valence-corrected chi connectivity index (χ0v) is 7.33. The fraction of sp³-hybridized carbons (Fsp3) is 0.286. The van der Waals surface area contributed by atoms with Crippen molar-refractivity contribution >= 4 is 16.7 Å². The van der Waals surface area contributed by atoms with Crippen molar-refractivity contribution in [2.75, 3.05) is 5.73 Å². The second-order valence-corrected chi connectivity index (χ2v) is 2.87. The SMILES string of the molecule is Cc1c2c(N)n[nH]c(=O)c2nn1C.